The minimum Gasteiger partial charge on any atom is -0.496 e. The van der Waals surface area contributed by atoms with Crippen molar-refractivity contribution in [2.24, 2.45) is 0 Å². The summed E-state index contributed by atoms with van der Waals surface area (Å²) in [6.45, 7) is 1.29. The van der Waals surface area contributed by atoms with Crippen LogP contribution in [0.1, 0.15) is 23.2 Å². The van der Waals surface area contributed by atoms with Crippen LogP contribution in [0.3, 0.4) is 0 Å². The molecule has 2 N–H and O–H groups in total. The lowest BCUT2D eigenvalue weighted by molar-refractivity contribution is -0.119. The number of hydrogen-bond acceptors (Lipinski definition) is 8. The number of methoxy groups -OCH3 is 1. The van der Waals surface area contributed by atoms with Crippen LogP contribution in [0.5, 0.6) is 5.75 Å². The molecule has 0 spiro atoms. The summed E-state index contributed by atoms with van der Waals surface area (Å²) >= 11 is 8.40. The minimum atomic E-state index is -0.402. The first-order valence-corrected chi connectivity index (χ1v) is 10.7. The molecule has 0 saturated carbocycles. The lowest BCUT2D eigenvalue weighted by Gasteiger charge is -2.09. The van der Waals surface area contributed by atoms with Crippen LogP contribution in [0.4, 0.5) is 5.13 Å². The summed E-state index contributed by atoms with van der Waals surface area (Å²) in [6.07, 6.45) is 2.13. The van der Waals surface area contributed by atoms with E-state index < -0.39 is 5.91 Å². The second-order valence-electron chi connectivity index (χ2n) is 5.90. The Bertz CT molecular complexity index is 842. The number of amides is 2. The van der Waals surface area contributed by atoms with Crippen molar-refractivity contribution in [1.29, 1.82) is 0 Å². The van der Waals surface area contributed by atoms with Gasteiger partial charge in [-0.2, -0.15) is 0 Å². The van der Waals surface area contributed by atoms with E-state index in [2.05, 4.69) is 20.8 Å². The lowest BCUT2D eigenvalue weighted by atomic mass is 10.2. The Morgan fingerprint density at radius 3 is 3.04 bits per heavy atom. The van der Waals surface area contributed by atoms with Crippen LogP contribution in [0, 0.1) is 0 Å². The highest BCUT2D eigenvalue weighted by Crippen LogP contribution is 2.27. The highest BCUT2D eigenvalue weighted by molar-refractivity contribution is 8.01. The van der Waals surface area contributed by atoms with Crippen molar-refractivity contribution in [3.63, 3.8) is 0 Å². The summed E-state index contributed by atoms with van der Waals surface area (Å²) in [5.41, 5.74) is 0.299. The predicted octanol–water partition coefficient (Wildman–Crippen LogP) is 2.84. The van der Waals surface area contributed by atoms with Crippen LogP contribution in [0.2, 0.25) is 5.02 Å². The molecule has 1 fully saturated rings. The first-order chi connectivity index (χ1) is 13.5. The Kier molecular flexibility index (Phi) is 7.49. The molecule has 3 rings (SSSR count). The molecule has 11 heteroatoms. The monoisotopic (exact) mass is 442 g/mol. The van der Waals surface area contributed by atoms with E-state index in [1.54, 1.807) is 12.1 Å². The Labute approximate surface area is 175 Å². The fraction of sp³-hybridized carbons (Fsp3) is 0.412. The number of thioether (sulfide) groups is 1. The average molecular weight is 443 g/mol. The molecule has 1 saturated heterocycles. The zero-order chi connectivity index (χ0) is 19.9. The normalized spacial score (nSPS) is 16.0. The van der Waals surface area contributed by atoms with Crippen molar-refractivity contribution < 1.29 is 19.1 Å². The van der Waals surface area contributed by atoms with Crippen molar-refractivity contribution in [3.8, 4) is 5.75 Å². The largest absolute Gasteiger partial charge is 0.496 e. The van der Waals surface area contributed by atoms with E-state index in [4.69, 9.17) is 21.1 Å². The molecule has 2 heterocycles. The van der Waals surface area contributed by atoms with Crippen LogP contribution in [-0.2, 0) is 9.53 Å². The predicted molar refractivity (Wildman–Crippen MR) is 109 cm³/mol. The highest BCUT2D eigenvalue weighted by Gasteiger charge is 2.18. The van der Waals surface area contributed by atoms with Gasteiger partial charge in [0.05, 0.1) is 24.5 Å². The van der Waals surface area contributed by atoms with E-state index in [9.17, 15) is 9.59 Å². The van der Waals surface area contributed by atoms with E-state index >= 15 is 0 Å². The van der Waals surface area contributed by atoms with Crippen LogP contribution < -0.4 is 15.4 Å². The Balaban J connectivity index is 1.49. The Morgan fingerprint density at radius 1 is 1.43 bits per heavy atom. The summed E-state index contributed by atoms with van der Waals surface area (Å²) in [6, 6.07) is 4.78. The molecule has 0 radical (unpaired) electrons. The first kappa shape index (κ1) is 20.8. The van der Waals surface area contributed by atoms with Gasteiger partial charge < -0.3 is 14.8 Å². The number of halogens is 1. The van der Waals surface area contributed by atoms with Crippen molar-refractivity contribution >= 4 is 51.6 Å². The number of aromatic nitrogens is 2. The number of anilines is 1. The van der Waals surface area contributed by atoms with E-state index in [0.29, 0.717) is 32.4 Å². The maximum absolute atomic E-state index is 12.4. The average Bonchev–Trinajstić information content (AvgIpc) is 3.36. The molecular weight excluding hydrogens is 424 g/mol. The van der Waals surface area contributed by atoms with Crippen LogP contribution >= 0.6 is 34.7 Å². The molecule has 150 valence electrons. The summed E-state index contributed by atoms with van der Waals surface area (Å²) < 4.78 is 11.2. The van der Waals surface area contributed by atoms with Crippen molar-refractivity contribution in [2.75, 3.05) is 31.3 Å². The van der Waals surface area contributed by atoms with Gasteiger partial charge in [0.1, 0.15) is 5.75 Å². The Morgan fingerprint density at radius 2 is 2.29 bits per heavy atom. The van der Waals surface area contributed by atoms with E-state index in [-0.39, 0.29) is 17.8 Å². The summed E-state index contributed by atoms with van der Waals surface area (Å²) in [5.74, 6) is 0.132. The van der Waals surface area contributed by atoms with Crippen LogP contribution in [0.25, 0.3) is 0 Å². The minimum absolute atomic E-state index is 0.0926. The van der Waals surface area contributed by atoms with E-state index in [0.717, 1.165) is 19.4 Å². The third-order valence-electron chi connectivity index (χ3n) is 3.91. The van der Waals surface area contributed by atoms with Crippen molar-refractivity contribution in [1.82, 2.24) is 15.5 Å². The number of nitrogens with zero attached hydrogens (tertiary/aromatic N) is 2. The van der Waals surface area contributed by atoms with E-state index in [1.165, 1.54) is 36.3 Å². The number of rotatable bonds is 8. The van der Waals surface area contributed by atoms with Gasteiger partial charge in [0.25, 0.3) is 5.91 Å². The van der Waals surface area contributed by atoms with Gasteiger partial charge >= 0.3 is 0 Å². The zero-order valence-corrected chi connectivity index (χ0v) is 17.5. The maximum Gasteiger partial charge on any atom is 0.261 e. The highest BCUT2D eigenvalue weighted by atomic mass is 35.5. The molecule has 0 aliphatic carbocycles. The number of ether oxygens (including phenoxy) is 2. The molecule has 1 atom stereocenters. The summed E-state index contributed by atoms with van der Waals surface area (Å²) in [4.78, 5) is 24.4. The molecule has 0 bridgehead atoms. The number of carbonyl (C=O) groups excluding carboxylic acids is 2. The quantitative estimate of drug-likeness (QED) is 0.478. The number of benzene rings is 1. The molecule has 28 heavy (non-hydrogen) atoms. The van der Waals surface area contributed by atoms with Crippen LogP contribution in [0.15, 0.2) is 22.5 Å². The van der Waals surface area contributed by atoms with E-state index in [1.807, 2.05) is 0 Å². The fourth-order valence-corrected chi connectivity index (χ4v) is 4.30. The summed E-state index contributed by atoms with van der Waals surface area (Å²) in [5, 5.41) is 14.2. The fourth-order valence-electron chi connectivity index (χ4n) is 2.55. The van der Waals surface area contributed by atoms with Gasteiger partial charge in [0.15, 0.2) is 4.34 Å². The molecule has 1 unspecified atom stereocenters. The topological polar surface area (TPSA) is 102 Å². The Hall–Kier alpha value is -1.88. The second kappa shape index (κ2) is 10.1. The smallest absolute Gasteiger partial charge is 0.261 e. The number of carbonyl (C=O) groups is 2. The molecule has 8 nitrogen and oxygen atoms in total. The van der Waals surface area contributed by atoms with Crippen molar-refractivity contribution in [3.05, 3.63) is 28.8 Å². The SMILES string of the molecule is COc1ccc(Cl)cc1C(=O)Nc1nnc(SCC(=O)NCC2CCCO2)s1. The molecule has 2 amide bonds. The number of nitrogens with one attached hydrogen (secondary N) is 2. The lowest BCUT2D eigenvalue weighted by Crippen LogP contribution is -2.32. The van der Waals surface area contributed by atoms with Gasteiger partial charge in [-0.25, -0.2) is 0 Å². The second-order valence-corrected chi connectivity index (χ2v) is 8.54. The van der Waals surface area contributed by atoms with Gasteiger partial charge in [-0.3, -0.25) is 14.9 Å². The molecule has 1 aliphatic heterocycles. The zero-order valence-electron chi connectivity index (χ0n) is 15.1. The molecule has 1 aliphatic rings. The third-order valence-corrected chi connectivity index (χ3v) is 6.12. The first-order valence-electron chi connectivity index (χ1n) is 8.54. The van der Waals surface area contributed by atoms with Gasteiger partial charge in [0, 0.05) is 18.2 Å². The van der Waals surface area contributed by atoms with Gasteiger partial charge in [0.2, 0.25) is 11.0 Å². The van der Waals surface area contributed by atoms with Crippen LogP contribution in [-0.4, -0.2) is 54.1 Å². The molecule has 2 aromatic rings. The maximum atomic E-state index is 12.4. The van der Waals surface area contributed by atoms with Gasteiger partial charge in [-0.05, 0) is 31.0 Å². The van der Waals surface area contributed by atoms with Crippen molar-refractivity contribution in [2.45, 2.75) is 23.3 Å². The van der Waals surface area contributed by atoms with Gasteiger partial charge in [-0.1, -0.05) is 34.7 Å². The standard InChI is InChI=1S/C17H19ClN4O4S2/c1-25-13-5-4-10(18)7-12(13)15(24)20-16-21-22-17(28-16)27-9-14(23)19-8-11-3-2-6-26-11/h4-5,7,11H,2-3,6,8-9H2,1H3,(H,19,23)(H,20,21,24). The summed E-state index contributed by atoms with van der Waals surface area (Å²) in [7, 11) is 1.48. The molecular formula is C17H19ClN4O4S2. The third kappa shape index (κ3) is 5.81. The molecule has 1 aromatic heterocycles. The number of hydrogen-bond donors (Lipinski definition) is 2. The van der Waals surface area contributed by atoms with Gasteiger partial charge in [-0.15, -0.1) is 10.2 Å². The molecule has 1 aromatic carbocycles.